The molecule has 4 nitrogen and oxygen atoms in total. The van der Waals surface area contributed by atoms with Gasteiger partial charge in [0.1, 0.15) is 5.75 Å². The molecule has 118 valence electrons. The summed E-state index contributed by atoms with van der Waals surface area (Å²) in [7, 11) is 1.56. The predicted octanol–water partition coefficient (Wildman–Crippen LogP) is 3.65. The van der Waals surface area contributed by atoms with Gasteiger partial charge in [0.05, 0.1) is 18.7 Å². The minimum Gasteiger partial charge on any atom is -0.495 e. The molecule has 1 N–H and O–H groups in total. The van der Waals surface area contributed by atoms with E-state index in [1.54, 1.807) is 25.3 Å². The number of halogens is 1. The second kappa shape index (κ2) is 8.25. The third-order valence-electron chi connectivity index (χ3n) is 3.11. The van der Waals surface area contributed by atoms with Crippen LogP contribution in [0, 0.1) is 5.92 Å². The number of hydrogen-bond acceptors (Lipinski definition) is 3. The Labute approximate surface area is 132 Å². The topological polar surface area (TPSA) is 41.6 Å². The number of hydrogen-bond donors (Lipinski definition) is 1. The predicted molar refractivity (Wildman–Crippen MR) is 88.2 cm³/mol. The summed E-state index contributed by atoms with van der Waals surface area (Å²) in [6.07, 6.45) is 0. The lowest BCUT2D eigenvalue weighted by atomic mass is 10.2. The maximum absolute atomic E-state index is 12.1. The summed E-state index contributed by atoms with van der Waals surface area (Å²) in [5, 5.41) is 3.36. The molecule has 5 heteroatoms. The number of methoxy groups -OCH3 is 1. The molecular formula is C16H25ClN2O2. The van der Waals surface area contributed by atoms with E-state index in [2.05, 4.69) is 37.9 Å². The van der Waals surface area contributed by atoms with E-state index in [9.17, 15) is 4.79 Å². The lowest BCUT2D eigenvalue weighted by Gasteiger charge is -2.27. The van der Waals surface area contributed by atoms with Crippen molar-refractivity contribution >= 4 is 23.2 Å². The van der Waals surface area contributed by atoms with Crippen LogP contribution in [0.15, 0.2) is 18.2 Å². The number of nitrogens with zero attached hydrogens (tertiary/aromatic N) is 1. The first kappa shape index (κ1) is 17.8. The van der Waals surface area contributed by atoms with Crippen LogP contribution in [0.2, 0.25) is 5.02 Å². The molecule has 0 saturated heterocycles. The van der Waals surface area contributed by atoms with Gasteiger partial charge in [-0.05, 0) is 38.0 Å². The highest BCUT2D eigenvalue weighted by atomic mass is 35.5. The minimum atomic E-state index is -0.0365. The third-order valence-corrected chi connectivity index (χ3v) is 3.41. The van der Waals surface area contributed by atoms with Gasteiger partial charge in [-0.1, -0.05) is 25.4 Å². The number of benzene rings is 1. The molecule has 0 atom stereocenters. The zero-order valence-electron chi connectivity index (χ0n) is 13.4. The highest BCUT2D eigenvalue weighted by Crippen LogP contribution is 2.27. The zero-order chi connectivity index (χ0) is 16.0. The van der Waals surface area contributed by atoms with E-state index in [0.717, 1.165) is 6.54 Å². The van der Waals surface area contributed by atoms with Crippen LogP contribution in [-0.2, 0) is 4.79 Å². The van der Waals surface area contributed by atoms with E-state index in [4.69, 9.17) is 16.3 Å². The summed E-state index contributed by atoms with van der Waals surface area (Å²) in [6.45, 7) is 9.76. The van der Waals surface area contributed by atoms with Crippen molar-refractivity contribution in [2.45, 2.75) is 33.7 Å². The second-order valence-electron chi connectivity index (χ2n) is 5.81. The summed E-state index contributed by atoms with van der Waals surface area (Å²) in [5.74, 6) is 1.08. The standard InChI is InChI=1S/C16H25ClN2O2/c1-11(2)9-19(12(3)4)10-16(20)18-13-6-7-15(21-5)14(17)8-13/h6-8,11-12H,9-10H2,1-5H3,(H,18,20). The minimum absolute atomic E-state index is 0.0365. The molecule has 0 spiro atoms. The van der Waals surface area contributed by atoms with E-state index < -0.39 is 0 Å². The van der Waals surface area contributed by atoms with Gasteiger partial charge in [-0.2, -0.15) is 0 Å². The fraction of sp³-hybridized carbons (Fsp3) is 0.562. The molecule has 0 saturated carbocycles. The van der Waals surface area contributed by atoms with Crippen molar-refractivity contribution in [2.24, 2.45) is 5.92 Å². The van der Waals surface area contributed by atoms with Gasteiger partial charge in [-0.15, -0.1) is 0 Å². The number of amides is 1. The van der Waals surface area contributed by atoms with Crippen molar-refractivity contribution in [1.29, 1.82) is 0 Å². The van der Waals surface area contributed by atoms with E-state index in [0.29, 0.717) is 35.0 Å². The Kier molecular flexibility index (Phi) is 6.99. The molecule has 21 heavy (non-hydrogen) atoms. The van der Waals surface area contributed by atoms with Crippen molar-refractivity contribution in [3.63, 3.8) is 0 Å². The molecule has 0 aliphatic rings. The number of ether oxygens (including phenoxy) is 1. The van der Waals surface area contributed by atoms with E-state index in [1.165, 1.54) is 0 Å². The smallest absolute Gasteiger partial charge is 0.238 e. The summed E-state index contributed by atoms with van der Waals surface area (Å²) in [5.41, 5.74) is 0.680. The highest BCUT2D eigenvalue weighted by Gasteiger charge is 2.15. The van der Waals surface area contributed by atoms with Crippen molar-refractivity contribution in [1.82, 2.24) is 4.90 Å². The van der Waals surface area contributed by atoms with Crippen LogP contribution < -0.4 is 10.1 Å². The molecule has 0 aromatic heterocycles. The summed E-state index contributed by atoms with van der Waals surface area (Å²) in [6, 6.07) is 5.55. The molecule has 0 aliphatic heterocycles. The van der Waals surface area contributed by atoms with Gasteiger partial charge in [0, 0.05) is 18.3 Å². The summed E-state index contributed by atoms with van der Waals surface area (Å²) < 4.78 is 5.09. The first-order valence-electron chi connectivity index (χ1n) is 7.21. The molecule has 1 amide bonds. The average molecular weight is 313 g/mol. The van der Waals surface area contributed by atoms with Gasteiger partial charge in [0.15, 0.2) is 0 Å². The van der Waals surface area contributed by atoms with E-state index in [1.807, 2.05) is 0 Å². The molecule has 1 aromatic rings. The molecule has 0 fully saturated rings. The molecule has 0 aliphatic carbocycles. The Morgan fingerprint density at radius 3 is 2.48 bits per heavy atom. The zero-order valence-corrected chi connectivity index (χ0v) is 14.2. The summed E-state index contributed by atoms with van der Waals surface area (Å²) >= 11 is 6.05. The molecule has 1 aromatic carbocycles. The largest absolute Gasteiger partial charge is 0.495 e. The molecule has 1 rings (SSSR count). The molecule has 0 unspecified atom stereocenters. The number of anilines is 1. The van der Waals surface area contributed by atoms with Crippen LogP contribution in [0.25, 0.3) is 0 Å². The van der Waals surface area contributed by atoms with Crippen LogP contribution in [0.4, 0.5) is 5.69 Å². The number of rotatable bonds is 7. The number of carbonyl (C=O) groups is 1. The Bertz CT molecular complexity index is 475. The Hall–Kier alpha value is -1.26. The lowest BCUT2D eigenvalue weighted by Crippen LogP contribution is -2.40. The van der Waals surface area contributed by atoms with E-state index in [-0.39, 0.29) is 5.91 Å². The fourth-order valence-electron chi connectivity index (χ4n) is 2.06. The molecule has 0 heterocycles. The number of carbonyl (C=O) groups excluding carboxylic acids is 1. The van der Waals surface area contributed by atoms with Crippen molar-refractivity contribution in [3.8, 4) is 5.75 Å². The SMILES string of the molecule is COc1ccc(NC(=O)CN(CC(C)C)C(C)C)cc1Cl. The molecule has 0 radical (unpaired) electrons. The third kappa shape index (κ3) is 5.94. The maximum Gasteiger partial charge on any atom is 0.238 e. The van der Waals surface area contributed by atoms with Crippen LogP contribution in [-0.4, -0.2) is 37.0 Å². The van der Waals surface area contributed by atoms with Gasteiger partial charge in [0.25, 0.3) is 0 Å². The van der Waals surface area contributed by atoms with Crippen LogP contribution >= 0.6 is 11.6 Å². The monoisotopic (exact) mass is 312 g/mol. The quantitative estimate of drug-likeness (QED) is 0.835. The highest BCUT2D eigenvalue weighted by molar-refractivity contribution is 6.32. The average Bonchev–Trinajstić information content (AvgIpc) is 2.37. The normalized spacial score (nSPS) is 11.3. The summed E-state index contributed by atoms with van der Waals surface area (Å²) in [4.78, 5) is 14.3. The van der Waals surface area contributed by atoms with Crippen LogP contribution in [0.5, 0.6) is 5.75 Å². The first-order valence-corrected chi connectivity index (χ1v) is 7.58. The molecule has 0 bridgehead atoms. The van der Waals surface area contributed by atoms with Crippen molar-refractivity contribution < 1.29 is 9.53 Å². The van der Waals surface area contributed by atoms with E-state index >= 15 is 0 Å². The maximum atomic E-state index is 12.1. The lowest BCUT2D eigenvalue weighted by molar-refractivity contribution is -0.117. The Morgan fingerprint density at radius 2 is 2.00 bits per heavy atom. The van der Waals surface area contributed by atoms with Gasteiger partial charge in [-0.3, -0.25) is 9.69 Å². The first-order chi connectivity index (χ1) is 9.83. The van der Waals surface area contributed by atoms with Gasteiger partial charge >= 0.3 is 0 Å². The van der Waals surface area contributed by atoms with Gasteiger partial charge in [-0.25, -0.2) is 0 Å². The second-order valence-corrected chi connectivity index (χ2v) is 6.22. The number of nitrogens with one attached hydrogen (secondary N) is 1. The van der Waals surface area contributed by atoms with Crippen LogP contribution in [0.1, 0.15) is 27.7 Å². The van der Waals surface area contributed by atoms with Gasteiger partial charge in [0.2, 0.25) is 5.91 Å². The Balaban J connectivity index is 2.65. The molecular weight excluding hydrogens is 288 g/mol. The fourth-order valence-corrected chi connectivity index (χ4v) is 2.31. The van der Waals surface area contributed by atoms with Crippen molar-refractivity contribution in [3.05, 3.63) is 23.2 Å². The van der Waals surface area contributed by atoms with Crippen molar-refractivity contribution in [2.75, 3.05) is 25.5 Å². The van der Waals surface area contributed by atoms with Crippen LogP contribution in [0.3, 0.4) is 0 Å². The van der Waals surface area contributed by atoms with Gasteiger partial charge < -0.3 is 10.1 Å². The Morgan fingerprint density at radius 1 is 1.33 bits per heavy atom.